The van der Waals surface area contributed by atoms with Gasteiger partial charge in [-0.05, 0) is 37.0 Å². The van der Waals surface area contributed by atoms with Gasteiger partial charge < -0.3 is 9.97 Å². The van der Waals surface area contributed by atoms with E-state index in [0.717, 1.165) is 6.42 Å². The molecule has 0 radical (unpaired) electrons. The van der Waals surface area contributed by atoms with E-state index in [1.165, 1.54) is 6.07 Å². The first-order valence-corrected chi connectivity index (χ1v) is 8.00. The van der Waals surface area contributed by atoms with Crippen LogP contribution in [0.25, 0.3) is 11.0 Å². The Hall–Kier alpha value is -1.60. The highest BCUT2D eigenvalue weighted by Crippen LogP contribution is 2.20. The SMILES string of the molecule is Cc1cc2[nH]c(=O)[nH]c2cc1S(=O)(=O)NCCC(C)C. The molecule has 0 fully saturated rings. The highest BCUT2D eigenvalue weighted by Gasteiger charge is 2.18. The molecule has 1 aromatic heterocycles. The second-order valence-corrected chi connectivity index (χ2v) is 7.06. The Bertz CT molecular complexity index is 772. The van der Waals surface area contributed by atoms with Gasteiger partial charge in [-0.15, -0.1) is 0 Å². The minimum atomic E-state index is -3.55. The van der Waals surface area contributed by atoms with Crippen molar-refractivity contribution in [3.63, 3.8) is 0 Å². The first kappa shape index (κ1) is 14.8. The lowest BCUT2D eigenvalue weighted by Crippen LogP contribution is -2.26. The van der Waals surface area contributed by atoms with Gasteiger partial charge in [0.05, 0.1) is 15.9 Å². The number of nitrogens with one attached hydrogen (secondary N) is 3. The van der Waals surface area contributed by atoms with E-state index in [9.17, 15) is 13.2 Å². The Balaban J connectivity index is 2.35. The number of aromatic nitrogens is 2. The zero-order valence-corrected chi connectivity index (χ0v) is 12.6. The van der Waals surface area contributed by atoms with Crippen LogP contribution in [0.1, 0.15) is 25.8 Å². The molecule has 110 valence electrons. The lowest BCUT2D eigenvalue weighted by Gasteiger charge is -2.10. The molecule has 0 unspecified atom stereocenters. The van der Waals surface area contributed by atoms with E-state index in [1.807, 2.05) is 13.8 Å². The van der Waals surface area contributed by atoms with Crippen molar-refractivity contribution in [2.45, 2.75) is 32.1 Å². The van der Waals surface area contributed by atoms with E-state index in [2.05, 4.69) is 14.7 Å². The van der Waals surface area contributed by atoms with E-state index >= 15 is 0 Å². The number of H-pyrrole nitrogens is 2. The van der Waals surface area contributed by atoms with Gasteiger partial charge in [0.25, 0.3) is 0 Å². The zero-order chi connectivity index (χ0) is 14.9. The summed E-state index contributed by atoms with van der Waals surface area (Å²) in [4.78, 5) is 16.6. The summed E-state index contributed by atoms with van der Waals surface area (Å²) in [6, 6.07) is 3.14. The molecule has 0 atom stereocenters. The minimum absolute atomic E-state index is 0.198. The zero-order valence-electron chi connectivity index (χ0n) is 11.8. The molecule has 7 heteroatoms. The van der Waals surface area contributed by atoms with Crippen LogP contribution in [0.2, 0.25) is 0 Å². The number of fused-ring (bicyclic) bond motifs is 1. The van der Waals surface area contributed by atoms with Crippen LogP contribution in [0, 0.1) is 12.8 Å². The van der Waals surface area contributed by atoms with Gasteiger partial charge in [0.15, 0.2) is 0 Å². The topological polar surface area (TPSA) is 94.8 Å². The first-order chi connectivity index (χ1) is 9.29. The molecule has 0 aliphatic carbocycles. The molecule has 0 saturated carbocycles. The van der Waals surface area contributed by atoms with E-state index in [-0.39, 0.29) is 10.6 Å². The van der Waals surface area contributed by atoms with Crippen molar-refractivity contribution >= 4 is 21.1 Å². The van der Waals surface area contributed by atoms with Crippen LogP contribution in [0.4, 0.5) is 0 Å². The van der Waals surface area contributed by atoms with Crippen molar-refractivity contribution in [2.75, 3.05) is 6.54 Å². The Morgan fingerprint density at radius 1 is 1.20 bits per heavy atom. The quantitative estimate of drug-likeness (QED) is 0.780. The fraction of sp³-hybridized carbons (Fsp3) is 0.462. The molecule has 0 bridgehead atoms. The number of rotatable bonds is 5. The van der Waals surface area contributed by atoms with Gasteiger partial charge in [-0.2, -0.15) is 0 Å². The Labute approximate surface area is 117 Å². The van der Waals surface area contributed by atoms with Gasteiger partial charge in [-0.25, -0.2) is 17.9 Å². The molecule has 0 spiro atoms. The summed E-state index contributed by atoms with van der Waals surface area (Å²) in [7, 11) is -3.55. The number of aryl methyl sites for hydroxylation is 1. The lowest BCUT2D eigenvalue weighted by atomic mass is 10.1. The predicted molar refractivity (Wildman–Crippen MR) is 78.3 cm³/mol. The van der Waals surface area contributed by atoms with Crippen LogP contribution in [0.15, 0.2) is 21.8 Å². The van der Waals surface area contributed by atoms with Gasteiger partial charge in [0, 0.05) is 6.54 Å². The molecule has 6 nitrogen and oxygen atoms in total. The maximum absolute atomic E-state index is 12.3. The van der Waals surface area contributed by atoms with Gasteiger partial charge in [-0.1, -0.05) is 13.8 Å². The molecule has 0 aliphatic heterocycles. The molecule has 20 heavy (non-hydrogen) atoms. The standard InChI is InChI=1S/C13H19N3O3S/c1-8(2)4-5-14-20(18,19)12-7-11-10(6-9(12)3)15-13(17)16-11/h6-8,14H,4-5H2,1-3H3,(H2,15,16,17). The summed E-state index contributed by atoms with van der Waals surface area (Å²) in [5.74, 6) is 0.433. The van der Waals surface area contributed by atoms with Crippen molar-refractivity contribution in [1.29, 1.82) is 0 Å². The fourth-order valence-electron chi connectivity index (χ4n) is 2.02. The second kappa shape index (κ2) is 5.41. The summed E-state index contributed by atoms with van der Waals surface area (Å²) in [5, 5.41) is 0. The molecule has 2 aromatic rings. The molecular weight excluding hydrogens is 278 g/mol. The maximum Gasteiger partial charge on any atom is 0.323 e. The number of hydrogen-bond acceptors (Lipinski definition) is 3. The summed E-state index contributed by atoms with van der Waals surface area (Å²) >= 11 is 0. The largest absolute Gasteiger partial charge is 0.323 e. The summed E-state index contributed by atoms with van der Waals surface area (Å²) in [6.45, 7) is 6.19. The molecule has 1 aromatic carbocycles. The predicted octanol–water partition coefficient (Wildman–Crippen LogP) is 1.49. The van der Waals surface area contributed by atoms with Crippen LogP contribution in [0.3, 0.4) is 0 Å². The van der Waals surface area contributed by atoms with Crippen LogP contribution in [-0.4, -0.2) is 24.9 Å². The first-order valence-electron chi connectivity index (χ1n) is 6.52. The van der Waals surface area contributed by atoms with E-state index < -0.39 is 10.0 Å². The average molecular weight is 297 g/mol. The molecule has 0 aliphatic rings. The van der Waals surface area contributed by atoms with Crippen molar-refractivity contribution in [3.8, 4) is 0 Å². The summed E-state index contributed by atoms with van der Waals surface area (Å²) in [5.41, 5.74) is 1.35. The van der Waals surface area contributed by atoms with Gasteiger partial charge in [0.2, 0.25) is 10.0 Å². The van der Waals surface area contributed by atoms with Crippen molar-refractivity contribution in [3.05, 3.63) is 28.2 Å². The van der Waals surface area contributed by atoms with Crippen LogP contribution in [0.5, 0.6) is 0 Å². The second-order valence-electron chi connectivity index (χ2n) is 5.32. The smallest absolute Gasteiger partial charge is 0.306 e. The molecule has 3 N–H and O–H groups in total. The average Bonchev–Trinajstić information content (AvgIpc) is 2.66. The van der Waals surface area contributed by atoms with Crippen molar-refractivity contribution in [2.24, 2.45) is 5.92 Å². The molecular formula is C13H19N3O3S. The van der Waals surface area contributed by atoms with E-state index in [0.29, 0.717) is 29.1 Å². The minimum Gasteiger partial charge on any atom is -0.306 e. The Morgan fingerprint density at radius 2 is 1.80 bits per heavy atom. The number of hydrogen-bond donors (Lipinski definition) is 3. The Morgan fingerprint density at radius 3 is 2.40 bits per heavy atom. The Kier molecular flexibility index (Phi) is 4.01. The molecule has 1 heterocycles. The van der Waals surface area contributed by atoms with Gasteiger partial charge >= 0.3 is 5.69 Å². The van der Waals surface area contributed by atoms with Gasteiger partial charge in [-0.3, -0.25) is 0 Å². The number of benzene rings is 1. The third kappa shape index (κ3) is 3.10. The fourth-order valence-corrected chi connectivity index (χ4v) is 3.32. The van der Waals surface area contributed by atoms with Crippen LogP contribution < -0.4 is 10.4 Å². The summed E-state index contributed by atoms with van der Waals surface area (Å²) in [6.07, 6.45) is 0.779. The van der Waals surface area contributed by atoms with Crippen molar-refractivity contribution < 1.29 is 8.42 Å². The monoisotopic (exact) mass is 297 g/mol. The molecule has 0 amide bonds. The van der Waals surface area contributed by atoms with E-state index in [1.54, 1.807) is 13.0 Å². The highest BCUT2D eigenvalue weighted by molar-refractivity contribution is 7.89. The van der Waals surface area contributed by atoms with E-state index in [4.69, 9.17) is 0 Å². The van der Waals surface area contributed by atoms with Crippen molar-refractivity contribution in [1.82, 2.24) is 14.7 Å². The molecule has 2 rings (SSSR count). The highest BCUT2D eigenvalue weighted by atomic mass is 32.2. The van der Waals surface area contributed by atoms with Gasteiger partial charge in [0.1, 0.15) is 0 Å². The van der Waals surface area contributed by atoms with Crippen LogP contribution >= 0.6 is 0 Å². The third-order valence-corrected chi connectivity index (χ3v) is 4.72. The summed E-state index contributed by atoms with van der Waals surface area (Å²) < 4.78 is 27.1. The third-order valence-electron chi connectivity index (χ3n) is 3.11. The maximum atomic E-state index is 12.3. The number of imidazole rings is 1. The molecule has 0 saturated heterocycles. The number of sulfonamides is 1. The lowest BCUT2D eigenvalue weighted by molar-refractivity contribution is 0.551. The van der Waals surface area contributed by atoms with Crippen LogP contribution in [-0.2, 0) is 10.0 Å². The number of aromatic amines is 2. The normalized spacial score (nSPS) is 12.4.